The normalized spacial score (nSPS) is 12.3. The number of carbonyl (C=O) groups is 1. The van der Waals surface area contributed by atoms with Gasteiger partial charge in [0.05, 0.1) is 30.4 Å². The van der Waals surface area contributed by atoms with Gasteiger partial charge in [0.1, 0.15) is 5.01 Å². The average Bonchev–Trinajstić information content (AvgIpc) is 2.93. The number of carbonyl (C=O) groups excluding carboxylic acids is 1. The summed E-state index contributed by atoms with van der Waals surface area (Å²) in [7, 11) is 1.15. The average molecular weight is 369 g/mol. The van der Waals surface area contributed by atoms with Crippen molar-refractivity contribution in [3.8, 4) is 10.6 Å². The molecule has 0 radical (unpaired) electrons. The Morgan fingerprint density at radius 1 is 1.08 bits per heavy atom. The molecule has 1 aromatic carbocycles. The third-order valence-electron chi connectivity index (χ3n) is 2.94. The summed E-state index contributed by atoms with van der Waals surface area (Å²) in [4.78, 5) is 15.0. The van der Waals surface area contributed by atoms with Gasteiger partial charge in [-0.2, -0.15) is 26.3 Å². The van der Waals surface area contributed by atoms with E-state index in [4.69, 9.17) is 0 Å². The lowest BCUT2D eigenvalue weighted by molar-refractivity contribution is -0.143. The summed E-state index contributed by atoms with van der Waals surface area (Å²) < 4.78 is 81.4. The van der Waals surface area contributed by atoms with Gasteiger partial charge in [-0.25, -0.2) is 4.98 Å². The number of methoxy groups -OCH3 is 1. The molecule has 3 nitrogen and oxygen atoms in total. The Morgan fingerprint density at radius 2 is 1.62 bits per heavy atom. The van der Waals surface area contributed by atoms with Gasteiger partial charge in [0, 0.05) is 10.9 Å². The zero-order chi connectivity index (χ0) is 18.1. The van der Waals surface area contributed by atoms with Crippen LogP contribution in [0.2, 0.25) is 0 Å². The summed E-state index contributed by atoms with van der Waals surface area (Å²) >= 11 is 0.840. The van der Waals surface area contributed by atoms with Crippen molar-refractivity contribution in [1.29, 1.82) is 0 Å². The van der Waals surface area contributed by atoms with E-state index in [0.29, 0.717) is 12.1 Å². The minimum Gasteiger partial charge on any atom is -0.469 e. The molecule has 0 aliphatic heterocycles. The summed E-state index contributed by atoms with van der Waals surface area (Å²) in [6, 6.07) is 1.23. The number of aromatic nitrogens is 1. The van der Waals surface area contributed by atoms with Crippen LogP contribution in [-0.2, 0) is 28.3 Å². The van der Waals surface area contributed by atoms with E-state index in [1.54, 1.807) is 0 Å². The number of nitrogens with zero attached hydrogens (tertiary/aromatic N) is 1. The molecule has 0 saturated heterocycles. The minimum atomic E-state index is -4.93. The van der Waals surface area contributed by atoms with Crippen LogP contribution in [0.25, 0.3) is 10.6 Å². The zero-order valence-electron chi connectivity index (χ0n) is 12.0. The molecule has 0 atom stereocenters. The van der Waals surface area contributed by atoms with E-state index in [1.807, 2.05) is 0 Å². The number of rotatable bonds is 3. The zero-order valence-corrected chi connectivity index (χ0v) is 12.8. The Balaban J connectivity index is 2.48. The number of benzene rings is 1. The molecule has 10 heteroatoms. The fraction of sp³-hybridized carbons (Fsp3) is 0.286. The Labute approximate surface area is 135 Å². The van der Waals surface area contributed by atoms with E-state index in [0.717, 1.165) is 18.4 Å². The number of hydrogen-bond acceptors (Lipinski definition) is 4. The lowest BCUT2D eigenvalue weighted by Gasteiger charge is -2.13. The Bertz CT molecular complexity index is 718. The smallest absolute Gasteiger partial charge is 0.416 e. The van der Waals surface area contributed by atoms with Crippen LogP contribution < -0.4 is 0 Å². The quantitative estimate of drug-likeness (QED) is 0.588. The maximum atomic E-state index is 12.8. The highest BCUT2D eigenvalue weighted by Gasteiger charge is 2.37. The van der Waals surface area contributed by atoms with E-state index < -0.39 is 29.4 Å². The minimum absolute atomic E-state index is 0.0481. The molecule has 0 aliphatic carbocycles. The maximum absolute atomic E-state index is 12.8. The molecule has 0 bridgehead atoms. The lowest BCUT2D eigenvalue weighted by atomic mass is 10.1. The lowest BCUT2D eigenvalue weighted by Crippen LogP contribution is -2.11. The molecule has 0 spiro atoms. The molecule has 130 valence electrons. The van der Waals surface area contributed by atoms with Gasteiger partial charge in [-0.1, -0.05) is 0 Å². The summed E-state index contributed by atoms with van der Waals surface area (Å²) in [5, 5.41) is 1.32. The van der Waals surface area contributed by atoms with Crippen LogP contribution in [0.3, 0.4) is 0 Å². The first-order valence-corrected chi connectivity index (χ1v) is 7.19. The molecule has 2 rings (SSSR count). The van der Waals surface area contributed by atoms with Crippen molar-refractivity contribution in [2.24, 2.45) is 0 Å². The highest BCUT2D eigenvalue weighted by molar-refractivity contribution is 7.13. The SMILES string of the molecule is COC(=O)Cc1csc(-c2cc(C(F)(F)F)cc(C(F)(F)F)c2)n1. The molecule has 0 saturated carbocycles. The Hall–Kier alpha value is -2.10. The standard InChI is InChI=1S/C14H9F6NO2S/c1-23-11(22)5-10-6-24-12(21-10)7-2-8(13(15,16)17)4-9(3-7)14(18,19)20/h2-4,6H,5H2,1H3. The summed E-state index contributed by atoms with van der Waals surface area (Å²) in [6.45, 7) is 0. The van der Waals surface area contributed by atoms with Crippen molar-refractivity contribution in [3.63, 3.8) is 0 Å². The molecule has 1 aromatic heterocycles. The van der Waals surface area contributed by atoms with Crippen LogP contribution >= 0.6 is 11.3 Å². The molecule has 24 heavy (non-hydrogen) atoms. The van der Waals surface area contributed by atoms with E-state index in [1.165, 1.54) is 5.38 Å². The first-order valence-electron chi connectivity index (χ1n) is 6.32. The van der Waals surface area contributed by atoms with Gasteiger partial charge >= 0.3 is 18.3 Å². The molecule has 0 fully saturated rings. The van der Waals surface area contributed by atoms with Crippen LogP contribution in [0, 0.1) is 0 Å². The highest BCUT2D eigenvalue weighted by atomic mass is 32.1. The summed E-state index contributed by atoms with van der Waals surface area (Å²) in [5.74, 6) is -0.619. The summed E-state index contributed by atoms with van der Waals surface area (Å²) in [5.41, 5.74) is -2.96. The topological polar surface area (TPSA) is 39.2 Å². The predicted molar refractivity (Wildman–Crippen MR) is 73.3 cm³/mol. The molecule has 1 heterocycles. The number of ether oxygens (including phenoxy) is 1. The molecule has 2 aromatic rings. The molecular formula is C14H9F6NO2S. The van der Waals surface area contributed by atoms with Crippen molar-refractivity contribution >= 4 is 17.3 Å². The number of halogens is 6. The van der Waals surface area contributed by atoms with Gasteiger partial charge in [0.2, 0.25) is 0 Å². The number of hydrogen-bond donors (Lipinski definition) is 0. The van der Waals surface area contributed by atoms with Crippen LogP contribution in [0.15, 0.2) is 23.6 Å². The second-order valence-electron chi connectivity index (χ2n) is 4.69. The van der Waals surface area contributed by atoms with E-state index in [9.17, 15) is 31.1 Å². The first-order chi connectivity index (χ1) is 11.0. The summed E-state index contributed by atoms with van der Waals surface area (Å²) in [6.07, 6.45) is -10.1. The van der Waals surface area contributed by atoms with E-state index in [2.05, 4.69) is 9.72 Å². The van der Waals surface area contributed by atoms with E-state index in [-0.39, 0.29) is 28.8 Å². The van der Waals surface area contributed by atoms with Crippen molar-refractivity contribution in [2.75, 3.05) is 7.11 Å². The maximum Gasteiger partial charge on any atom is 0.416 e. The van der Waals surface area contributed by atoms with Gasteiger partial charge in [-0.05, 0) is 18.2 Å². The van der Waals surface area contributed by atoms with Gasteiger partial charge in [-0.3, -0.25) is 4.79 Å². The van der Waals surface area contributed by atoms with Crippen molar-refractivity contribution in [2.45, 2.75) is 18.8 Å². The third kappa shape index (κ3) is 4.25. The third-order valence-corrected chi connectivity index (χ3v) is 3.88. The Kier molecular flexibility index (Phi) is 4.88. The monoisotopic (exact) mass is 369 g/mol. The van der Waals surface area contributed by atoms with Crippen LogP contribution in [0.4, 0.5) is 26.3 Å². The predicted octanol–water partition coefficient (Wildman–Crippen LogP) is 4.56. The van der Waals surface area contributed by atoms with Crippen molar-refractivity contribution in [1.82, 2.24) is 4.98 Å². The van der Waals surface area contributed by atoms with Gasteiger partial charge in [0.25, 0.3) is 0 Å². The number of esters is 1. The highest BCUT2D eigenvalue weighted by Crippen LogP contribution is 2.39. The van der Waals surface area contributed by atoms with Gasteiger partial charge in [-0.15, -0.1) is 11.3 Å². The second kappa shape index (κ2) is 6.42. The van der Waals surface area contributed by atoms with Crippen LogP contribution in [-0.4, -0.2) is 18.1 Å². The number of thiazole rings is 1. The molecule has 0 unspecified atom stereocenters. The molecule has 0 aliphatic rings. The first kappa shape index (κ1) is 18.2. The fourth-order valence-corrected chi connectivity index (χ4v) is 2.63. The van der Waals surface area contributed by atoms with E-state index >= 15 is 0 Å². The van der Waals surface area contributed by atoms with Crippen molar-refractivity contribution < 1.29 is 35.9 Å². The van der Waals surface area contributed by atoms with Gasteiger partial charge < -0.3 is 4.74 Å². The molecule has 0 amide bonds. The second-order valence-corrected chi connectivity index (χ2v) is 5.55. The fourth-order valence-electron chi connectivity index (χ4n) is 1.82. The molecule has 0 N–H and O–H groups in total. The largest absolute Gasteiger partial charge is 0.469 e. The van der Waals surface area contributed by atoms with Gasteiger partial charge in [0.15, 0.2) is 0 Å². The van der Waals surface area contributed by atoms with Crippen LogP contribution in [0.5, 0.6) is 0 Å². The Morgan fingerprint density at radius 3 is 2.08 bits per heavy atom. The number of alkyl halides is 6. The molecular weight excluding hydrogens is 360 g/mol. The van der Waals surface area contributed by atoms with Crippen LogP contribution in [0.1, 0.15) is 16.8 Å². The van der Waals surface area contributed by atoms with Crippen molar-refractivity contribution in [3.05, 3.63) is 40.4 Å².